The molecule has 2 amide bonds. The number of pyridine rings is 1. The Morgan fingerprint density at radius 1 is 1.23 bits per heavy atom. The molecule has 6 heteroatoms. The summed E-state index contributed by atoms with van der Waals surface area (Å²) in [7, 11) is 0. The van der Waals surface area contributed by atoms with Crippen molar-refractivity contribution in [3.05, 3.63) is 54.2 Å². The molecule has 2 heterocycles. The second-order valence-electron chi connectivity index (χ2n) is 6.55. The predicted octanol–water partition coefficient (Wildman–Crippen LogP) is 2.85. The number of hydrogen-bond acceptors (Lipinski definition) is 4. The van der Waals surface area contributed by atoms with Crippen LogP contribution in [-0.2, 0) is 9.59 Å². The fraction of sp³-hybridized carbons (Fsp3) is 0.350. The second kappa shape index (κ2) is 7.99. The Bertz CT molecular complexity index is 777. The van der Waals surface area contributed by atoms with E-state index in [0.717, 1.165) is 5.56 Å². The molecular weight excluding hydrogens is 330 g/mol. The molecule has 0 saturated carbocycles. The Balaban J connectivity index is 1.76. The van der Waals surface area contributed by atoms with Crippen molar-refractivity contribution in [1.29, 1.82) is 0 Å². The molecule has 1 aliphatic rings. The van der Waals surface area contributed by atoms with Crippen LogP contribution in [0, 0.1) is 0 Å². The van der Waals surface area contributed by atoms with E-state index in [1.54, 1.807) is 17.2 Å². The van der Waals surface area contributed by atoms with Crippen LogP contribution < -0.4 is 15.0 Å². The number of fused-ring (bicyclic) bond motifs is 1. The molecular formula is C20H23N3O3. The molecule has 0 saturated heterocycles. The zero-order valence-electron chi connectivity index (χ0n) is 15.0. The van der Waals surface area contributed by atoms with Crippen LogP contribution >= 0.6 is 0 Å². The molecule has 1 atom stereocenters. The zero-order chi connectivity index (χ0) is 18.5. The first kappa shape index (κ1) is 17.9. The van der Waals surface area contributed by atoms with Crippen LogP contribution in [-0.4, -0.2) is 29.4 Å². The second-order valence-corrected chi connectivity index (χ2v) is 6.55. The maximum absolute atomic E-state index is 13.0. The van der Waals surface area contributed by atoms with Gasteiger partial charge < -0.3 is 10.1 Å². The number of benzene rings is 1. The number of rotatable bonds is 6. The highest BCUT2D eigenvalue weighted by Gasteiger charge is 2.36. The van der Waals surface area contributed by atoms with Gasteiger partial charge in [0.1, 0.15) is 0 Å². The zero-order valence-corrected chi connectivity index (χ0v) is 15.0. The Kier molecular flexibility index (Phi) is 5.51. The molecule has 6 nitrogen and oxygen atoms in total. The van der Waals surface area contributed by atoms with Gasteiger partial charge in [0.25, 0.3) is 5.91 Å². The molecule has 1 N–H and O–H groups in total. The smallest absolute Gasteiger partial charge is 0.274 e. The van der Waals surface area contributed by atoms with E-state index in [1.807, 2.05) is 50.2 Å². The molecule has 0 spiro atoms. The molecule has 3 rings (SSSR count). The van der Waals surface area contributed by atoms with Crippen LogP contribution in [0.15, 0.2) is 48.7 Å². The number of anilines is 1. The van der Waals surface area contributed by atoms with E-state index in [-0.39, 0.29) is 17.9 Å². The summed E-state index contributed by atoms with van der Waals surface area (Å²) in [5, 5.41) is 2.86. The minimum atomic E-state index is -0.697. The Labute approximate surface area is 153 Å². The normalized spacial score (nSPS) is 16.2. The summed E-state index contributed by atoms with van der Waals surface area (Å²) in [6.07, 6.45) is 1.86. The van der Waals surface area contributed by atoms with Crippen LogP contribution in [0.25, 0.3) is 0 Å². The fourth-order valence-electron chi connectivity index (χ4n) is 2.95. The van der Waals surface area contributed by atoms with Gasteiger partial charge in [-0.2, -0.15) is 0 Å². The van der Waals surface area contributed by atoms with Crippen LogP contribution in [0.5, 0.6) is 5.75 Å². The van der Waals surface area contributed by atoms with E-state index >= 15 is 0 Å². The van der Waals surface area contributed by atoms with Crippen molar-refractivity contribution in [1.82, 2.24) is 10.3 Å². The Hall–Kier alpha value is -2.89. The molecule has 0 radical (unpaired) electrons. The molecule has 1 aromatic carbocycles. The van der Waals surface area contributed by atoms with Crippen LogP contribution in [0.1, 0.15) is 38.4 Å². The largest absolute Gasteiger partial charge is 0.472 e. The summed E-state index contributed by atoms with van der Waals surface area (Å²) in [5.74, 6) is 0.912. The van der Waals surface area contributed by atoms with Gasteiger partial charge in [-0.1, -0.05) is 30.3 Å². The van der Waals surface area contributed by atoms with Crippen molar-refractivity contribution in [3.8, 4) is 5.75 Å². The standard InChI is InChI=1S/C20H23N3O3/c1-14(2)22-17(24)11-7-13-23-19-16(10-6-12-21-19)26-18(20(23)25)15-8-4-3-5-9-15/h3-6,8-10,12,14,18H,7,11,13H2,1-2H3,(H,22,24)/t18-/m1/s1. The van der Waals surface area contributed by atoms with E-state index < -0.39 is 6.10 Å². The summed E-state index contributed by atoms with van der Waals surface area (Å²) >= 11 is 0. The lowest BCUT2D eigenvalue weighted by Gasteiger charge is -2.33. The Morgan fingerprint density at radius 3 is 2.73 bits per heavy atom. The number of ether oxygens (including phenoxy) is 1. The number of hydrogen-bond donors (Lipinski definition) is 1. The van der Waals surface area contributed by atoms with Gasteiger partial charge >= 0.3 is 0 Å². The van der Waals surface area contributed by atoms with Crippen molar-refractivity contribution in [3.63, 3.8) is 0 Å². The summed E-state index contributed by atoms with van der Waals surface area (Å²) in [4.78, 5) is 30.8. The molecule has 0 fully saturated rings. The topological polar surface area (TPSA) is 71.5 Å². The van der Waals surface area contributed by atoms with Crippen LogP contribution in [0.4, 0.5) is 5.82 Å². The van der Waals surface area contributed by atoms with E-state index in [2.05, 4.69) is 10.3 Å². The van der Waals surface area contributed by atoms with Gasteiger partial charge in [0.15, 0.2) is 11.6 Å². The number of carbonyl (C=O) groups excluding carboxylic acids is 2. The lowest BCUT2D eigenvalue weighted by Crippen LogP contribution is -2.42. The van der Waals surface area contributed by atoms with E-state index in [9.17, 15) is 9.59 Å². The van der Waals surface area contributed by atoms with Gasteiger partial charge in [-0.05, 0) is 32.4 Å². The van der Waals surface area contributed by atoms with Gasteiger partial charge in [-0.3, -0.25) is 14.5 Å². The summed E-state index contributed by atoms with van der Waals surface area (Å²) in [5.41, 5.74) is 0.801. The van der Waals surface area contributed by atoms with Crippen molar-refractivity contribution in [2.45, 2.75) is 38.8 Å². The van der Waals surface area contributed by atoms with Gasteiger partial charge in [0, 0.05) is 30.8 Å². The quantitative estimate of drug-likeness (QED) is 0.867. The highest BCUT2D eigenvalue weighted by atomic mass is 16.5. The van der Waals surface area contributed by atoms with E-state index in [1.165, 1.54) is 0 Å². The number of nitrogens with zero attached hydrogens (tertiary/aromatic N) is 2. The number of nitrogens with one attached hydrogen (secondary N) is 1. The average molecular weight is 353 g/mol. The third kappa shape index (κ3) is 4.02. The van der Waals surface area contributed by atoms with Crippen LogP contribution in [0.2, 0.25) is 0 Å². The van der Waals surface area contributed by atoms with E-state index in [4.69, 9.17) is 4.74 Å². The number of carbonyl (C=O) groups is 2. The molecule has 1 aromatic heterocycles. The third-order valence-corrected chi connectivity index (χ3v) is 4.08. The van der Waals surface area contributed by atoms with Crippen molar-refractivity contribution >= 4 is 17.6 Å². The lowest BCUT2D eigenvalue weighted by molar-refractivity contribution is -0.127. The summed E-state index contributed by atoms with van der Waals surface area (Å²) < 4.78 is 5.91. The molecule has 136 valence electrons. The van der Waals surface area contributed by atoms with Gasteiger partial charge in [0.2, 0.25) is 12.0 Å². The predicted molar refractivity (Wildman–Crippen MR) is 98.9 cm³/mol. The molecule has 2 aromatic rings. The highest BCUT2D eigenvalue weighted by molar-refractivity contribution is 5.99. The van der Waals surface area contributed by atoms with Gasteiger partial charge in [-0.15, -0.1) is 0 Å². The maximum Gasteiger partial charge on any atom is 0.274 e. The van der Waals surface area contributed by atoms with E-state index in [0.29, 0.717) is 31.0 Å². The van der Waals surface area contributed by atoms with Crippen molar-refractivity contribution in [2.24, 2.45) is 0 Å². The summed E-state index contributed by atoms with van der Waals surface area (Å²) in [6.45, 7) is 4.27. The molecule has 0 aliphatic carbocycles. The highest BCUT2D eigenvalue weighted by Crippen LogP contribution is 2.37. The molecule has 26 heavy (non-hydrogen) atoms. The number of aromatic nitrogens is 1. The third-order valence-electron chi connectivity index (χ3n) is 4.08. The minimum absolute atomic E-state index is 0.0124. The lowest BCUT2D eigenvalue weighted by atomic mass is 10.1. The maximum atomic E-state index is 13.0. The van der Waals surface area contributed by atoms with Crippen LogP contribution in [0.3, 0.4) is 0 Å². The average Bonchev–Trinajstić information content (AvgIpc) is 2.63. The molecule has 1 aliphatic heterocycles. The molecule has 0 bridgehead atoms. The molecule has 0 unspecified atom stereocenters. The number of amides is 2. The minimum Gasteiger partial charge on any atom is -0.472 e. The monoisotopic (exact) mass is 353 g/mol. The first-order valence-corrected chi connectivity index (χ1v) is 8.83. The summed E-state index contributed by atoms with van der Waals surface area (Å²) in [6, 6.07) is 13.1. The first-order chi connectivity index (χ1) is 12.6. The van der Waals surface area contributed by atoms with Crippen molar-refractivity contribution in [2.75, 3.05) is 11.4 Å². The van der Waals surface area contributed by atoms with Crippen molar-refractivity contribution < 1.29 is 14.3 Å². The first-order valence-electron chi connectivity index (χ1n) is 8.83. The Morgan fingerprint density at radius 2 is 2.00 bits per heavy atom. The van der Waals surface area contributed by atoms with Gasteiger partial charge in [0.05, 0.1) is 0 Å². The van der Waals surface area contributed by atoms with Gasteiger partial charge in [-0.25, -0.2) is 4.98 Å². The SMILES string of the molecule is CC(C)NC(=O)CCCN1C(=O)[C@@H](c2ccccc2)Oc2cccnc21. The fourth-order valence-corrected chi connectivity index (χ4v) is 2.95.